The molecule has 1 unspecified atom stereocenters. The van der Waals surface area contributed by atoms with Crippen LogP contribution in [0.2, 0.25) is 0 Å². The number of aryl methyl sites for hydroxylation is 1. The zero-order chi connectivity index (χ0) is 12.9. The summed E-state index contributed by atoms with van der Waals surface area (Å²) in [7, 11) is 0. The maximum absolute atomic E-state index is 12.0. The van der Waals surface area contributed by atoms with E-state index < -0.39 is 18.7 Å². The Labute approximate surface area is 99.3 Å². The summed E-state index contributed by atoms with van der Waals surface area (Å²) in [6.07, 6.45) is -4.62. The predicted molar refractivity (Wildman–Crippen MR) is 60.7 cm³/mol. The van der Waals surface area contributed by atoms with Crippen molar-refractivity contribution < 1.29 is 18.3 Å². The summed E-state index contributed by atoms with van der Waals surface area (Å²) >= 11 is 0. The molecule has 0 spiro atoms. The van der Waals surface area contributed by atoms with Gasteiger partial charge in [0.25, 0.3) is 0 Å². The Balaban J connectivity index is 2.62. The van der Waals surface area contributed by atoms with Gasteiger partial charge in [0.2, 0.25) is 0 Å². The van der Waals surface area contributed by atoms with Crippen LogP contribution in [0.3, 0.4) is 0 Å². The molecule has 1 rings (SSSR count). The van der Waals surface area contributed by atoms with Crippen LogP contribution in [-0.4, -0.2) is 11.3 Å². The molecular formula is C13H17F3O. The first kappa shape index (κ1) is 14.0. The lowest BCUT2D eigenvalue weighted by Crippen LogP contribution is -2.10. The highest BCUT2D eigenvalue weighted by molar-refractivity contribution is 5.25. The molecule has 17 heavy (non-hydrogen) atoms. The molecule has 1 N–H and O–H groups in total. The highest BCUT2D eigenvalue weighted by Gasteiger charge is 2.28. The molecular weight excluding hydrogens is 229 g/mol. The minimum atomic E-state index is -4.21. The number of hydrogen-bond acceptors (Lipinski definition) is 1. The Kier molecular flexibility index (Phi) is 5.00. The van der Waals surface area contributed by atoms with Crippen molar-refractivity contribution in [2.45, 2.75) is 44.9 Å². The second-order valence-corrected chi connectivity index (χ2v) is 4.16. The molecule has 0 aliphatic heterocycles. The average Bonchev–Trinajstić information content (AvgIpc) is 2.26. The normalized spacial score (nSPS) is 13.7. The second kappa shape index (κ2) is 6.05. The van der Waals surface area contributed by atoms with Gasteiger partial charge in [-0.25, -0.2) is 0 Å². The van der Waals surface area contributed by atoms with Crippen LogP contribution < -0.4 is 0 Å². The third kappa shape index (κ3) is 5.22. The fourth-order valence-electron chi connectivity index (χ4n) is 1.71. The molecule has 0 heterocycles. The number of alkyl halides is 3. The fourth-order valence-corrected chi connectivity index (χ4v) is 1.71. The molecule has 0 aliphatic carbocycles. The van der Waals surface area contributed by atoms with E-state index in [4.69, 9.17) is 0 Å². The topological polar surface area (TPSA) is 20.2 Å². The van der Waals surface area contributed by atoms with Crippen LogP contribution in [0.4, 0.5) is 13.2 Å². The van der Waals surface area contributed by atoms with E-state index in [9.17, 15) is 18.3 Å². The summed E-state index contributed by atoms with van der Waals surface area (Å²) in [6, 6.07) is 7.14. The van der Waals surface area contributed by atoms with Crippen LogP contribution in [0.5, 0.6) is 0 Å². The highest BCUT2D eigenvalue weighted by Crippen LogP contribution is 2.27. The SMILES string of the molecule is CCCc1cccc(C(O)CCC(F)(F)F)c1. The quantitative estimate of drug-likeness (QED) is 0.832. The summed E-state index contributed by atoms with van der Waals surface area (Å²) in [5, 5.41) is 9.68. The van der Waals surface area contributed by atoms with E-state index in [1.807, 2.05) is 13.0 Å². The van der Waals surface area contributed by atoms with Gasteiger partial charge in [-0.2, -0.15) is 13.2 Å². The van der Waals surface area contributed by atoms with Gasteiger partial charge in [-0.15, -0.1) is 0 Å². The Morgan fingerprint density at radius 3 is 2.59 bits per heavy atom. The molecule has 1 aromatic carbocycles. The van der Waals surface area contributed by atoms with Crippen LogP contribution in [-0.2, 0) is 6.42 Å². The van der Waals surface area contributed by atoms with Crippen molar-refractivity contribution in [2.75, 3.05) is 0 Å². The van der Waals surface area contributed by atoms with E-state index in [2.05, 4.69) is 0 Å². The molecule has 1 nitrogen and oxygen atoms in total. The molecule has 1 atom stereocenters. The van der Waals surface area contributed by atoms with Gasteiger partial charge in [0.15, 0.2) is 0 Å². The van der Waals surface area contributed by atoms with Crippen LogP contribution in [0.25, 0.3) is 0 Å². The van der Waals surface area contributed by atoms with Crippen molar-refractivity contribution in [3.63, 3.8) is 0 Å². The largest absolute Gasteiger partial charge is 0.389 e. The van der Waals surface area contributed by atoms with Crippen LogP contribution in [0, 0.1) is 0 Å². The highest BCUT2D eigenvalue weighted by atomic mass is 19.4. The molecule has 96 valence electrons. The van der Waals surface area contributed by atoms with Crippen LogP contribution in [0.15, 0.2) is 24.3 Å². The molecule has 0 radical (unpaired) electrons. The first-order valence-corrected chi connectivity index (χ1v) is 5.76. The lowest BCUT2D eigenvalue weighted by Gasteiger charge is -2.13. The summed E-state index contributed by atoms with van der Waals surface area (Å²) in [6.45, 7) is 2.03. The third-order valence-corrected chi connectivity index (χ3v) is 2.58. The number of hydrogen-bond donors (Lipinski definition) is 1. The van der Waals surface area contributed by atoms with Gasteiger partial charge < -0.3 is 5.11 Å². The third-order valence-electron chi connectivity index (χ3n) is 2.58. The average molecular weight is 246 g/mol. The van der Waals surface area contributed by atoms with E-state index in [0.717, 1.165) is 18.4 Å². The molecule has 0 aromatic heterocycles. The number of halogens is 3. The number of rotatable bonds is 5. The maximum atomic E-state index is 12.0. The van der Waals surface area contributed by atoms with Gasteiger partial charge in [0, 0.05) is 6.42 Å². The minimum Gasteiger partial charge on any atom is -0.388 e. The molecule has 0 bridgehead atoms. The molecule has 0 aliphatic rings. The summed E-state index contributed by atoms with van der Waals surface area (Å²) < 4.78 is 36.1. The zero-order valence-electron chi connectivity index (χ0n) is 9.80. The lowest BCUT2D eigenvalue weighted by molar-refractivity contribution is -0.140. The molecule has 1 aromatic rings. The number of benzene rings is 1. The second-order valence-electron chi connectivity index (χ2n) is 4.16. The van der Waals surface area contributed by atoms with Crippen molar-refractivity contribution >= 4 is 0 Å². The van der Waals surface area contributed by atoms with E-state index in [-0.39, 0.29) is 6.42 Å². The Hall–Kier alpha value is -1.03. The fraction of sp³-hybridized carbons (Fsp3) is 0.538. The van der Waals surface area contributed by atoms with Crippen LogP contribution >= 0.6 is 0 Å². The molecule has 0 fully saturated rings. The van der Waals surface area contributed by atoms with Crippen molar-refractivity contribution in [1.82, 2.24) is 0 Å². The summed E-state index contributed by atoms with van der Waals surface area (Å²) in [4.78, 5) is 0. The maximum Gasteiger partial charge on any atom is 0.389 e. The summed E-state index contributed by atoms with van der Waals surface area (Å²) in [5.74, 6) is 0. The minimum absolute atomic E-state index is 0.279. The van der Waals surface area contributed by atoms with Crippen molar-refractivity contribution in [1.29, 1.82) is 0 Å². The van der Waals surface area contributed by atoms with E-state index in [0.29, 0.717) is 5.56 Å². The number of aliphatic hydroxyl groups excluding tert-OH is 1. The van der Waals surface area contributed by atoms with E-state index >= 15 is 0 Å². The molecule has 0 saturated carbocycles. The standard InChI is InChI=1S/C13H17F3O/c1-2-4-10-5-3-6-11(9-10)12(17)7-8-13(14,15)16/h3,5-6,9,12,17H,2,4,7-8H2,1H3. The van der Waals surface area contributed by atoms with Gasteiger partial charge in [-0.05, 0) is 24.0 Å². The molecule has 0 amide bonds. The van der Waals surface area contributed by atoms with E-state index in [1.165, 1.54) is 0 Å². The summed E-state index contributed by atoms with van der Waals surface area (Å²) in [5.41, 5.74) is 1.62. The number of aliphatic hydroxyl groups is 1. The molecule has 4 heteroatoms. The predicted octanol–water partition coefficient (Wildman–Crippen LogP) is 4.02. The lowest BCUT2D eigenvalue weighted by atomic mass is 10.0. The van der Waals surface area contributed by atoms with Gasteiger partial charge >= 0.3 is 6.18 Å². The van der Waals surface area contributed by atoms with Crippen molar-refractivity contribution in [3.05, 3.63) is 35.4 Å². The smallest absolute Gasteiger partial charge is 0.388 e. The monoisotopic (exact) mass is 246 g/mol. The van der Waals surface area contributed by atoms with Gasteiger partial charge in [0.1, 0.15) is 0 Å². The van der Waals surface area contributed by atoms with Gasteiger partial charge in [0.05, 0.1) is 6.10 Å². The Bertz CT molecular complexity index is 347. The first-order valence-electron chi connectivity index (χ1n) is 5.76. The zero-order valence-corrected chi connectivity index (χ0v) is 9.80. The molecule has 0 saturated heterocycles. The van der Waals surface area contributed by atoms with Crippen molar-refractivity contribution in [2.24, 2.45) is 0 Å². The Morgan fingerprint density at radius 1 is 1.29 bits per heavy atom. The Morgan fingerprint density at radius 2 is 2.00 bits per heavy atom. The first-order chi connectivity index (χ1) is 7.92. The van der Waals surface area contributed by atoms with Crippen molar-refractivity contribution in [3.8, 4) is 0 Å². The van der Waals surface area contributed by atoms with Crippen LogP contribution in [0.1, 0.15) is 43.4 Å². The van der Waals surface area contributed by atoms with E-state index in [1.54, 1.807) is 18.2 Å². The van der Waals surface area contributed by atoms with Gasteiger partial charge in [-0.3, -0.25) is 0 Å². The van der Waals surface area contributed by atoms with Gasteiger partial charge in [-0.1, -0.05) is 37.6 Å².